The molecule has 0 unspecified atom stereocenters. The Balaban J connectivity index is 2.56. The minimum absolute atomic E-state index is 0.0769. The molecular weight excluding hydrogens is 244 g/mol. The van der Waals surface area contributed by atoms with E-state index in [1.807, 2.05) is 42.5 Å². The summed E-state index contributed by atoms with van der Waals surface area (Å²) in [6.07, 6.45) is 0. The molecular formula is C16H17ClO. The monoisotopic (exact) mass is 260 g/mol. The maximum atomic E-state index is 10.4. The van der Waals surface area contributed by atoms with Crippen LogP contribution in [0.5, 0.6) is 5.75 Å². The second-order valence-electron chi connectivity index (χ2n) is 5.46. The number of benzene rings is 2. The van der Waals surface area contributed by atoms with E-state index in [1.165, 1.54) is 0 Å². The van der Waals surface area contributed by atoms with Crippen LogP contribution >= 0.6 is 11.6 Å². The van der Waals surface area contributed by atoms with Crippen molar-refractivity contribution in [2.75, 3.05) is 0 Å². The van der Waals surface area contributed by atoms with E-state index in [1.54, 1.807) is 0 Å². The molecule has 1 nitrogen and oxygen atoms in total. The topological polar surface area (TPSA) is 20.2 Å². The minimum Gasteiger partial charge on any atom is -0.507 e. The second-order valence-corrected chi connectivity index (χ2v) is 5.90. The molecule has 2 aromatic carbocycles. The van der Waals surface area contributed by atoms with E-state index in [9.17, 15) is 5.11 Å². The quantitative estimate of drug-likeness (QED) is 0.764. The van der Waals surface area contributed by atoms with Crippen molar-refractivity contribution in [3.8, 4) is 16.9 Å². The highest BCUT2D eigenvalue weighted by Crippen LogP contribution is 2.38. The third-order valence-electron chi connectivity index (χ3n) is 3.00. The first-order chi connectivity index (χ1) is 8.39. The van der Waals surface area contributed by atoms with Crippen molar-refractivity contribution in [2.24, 2.45) is 0 Å². The van der Waals surface area contributed by atoms with Gasteiger partial charge in [-0.05, 0) is 28.7 Å². The highest BCUT2D eigenvalue weighted by atomic mass is 35.5. The Kier molecular flexibility index (Phi) is 3.36. The Hall–Kier alpha value is -1.47. The standard InChI is InChI=1S/C16H17ClO/c1-16(2,3)14-6-4-5-13(15(14)18)11-7-9-12(17)10-8-11/h4-10,18H,1-3H3. The van der Waals surface area contributed by atoms with Crippen LogP contribution in [0.15, 0.2) is 42.5 Å². The summed E-state index contributed by atoms with van der Waals surface area (Å²) < 4.78 is 0. The molecule has 0 radical (unpaired) electrons. The molecule has 0 aromatic heterocycles. The summed E-state index contributed by atoms with van der Waals surface area (Å²) in [7, 11) is 0. The van der Waals surface area contributed by atoms with Gasteiger partial charge in [0.05, 0.1) is 0 Å². The minimum atomic E-state index is -0.0769. The lowest BCUT2D eigenvalue weighted by Gasteiger charge is -2.22. The molecule has 1 N–H and O–H groups in total. The van der Waals surface area contributed by atoms with E-state index >= 15 is 0 Å². The number of hydrogen-bond donors (Lipinski definition) is 1. The van der Waals surface area contributed by atoms with Crippen LogP contribution in [-0.2, 0) is 5.41 Å². The molecule has 94 valence electrons. The lowest BCUT2D eigenvalue weighted by Crippen LogP contribution is -2.11. The van der Waals surface area contributed by atoms with Crippen molar-refractivity contribution in [1.29, 1.82) is 0 Å². The summed E-state index contributed by atoms with van der Waals surface area (Å²) in [5.41, 5.74) is 2.70. The van der Waals surface area contributed by atoms with Gasteiger partial charge in [0, 0.05) is 10.6 Å². The predicted octanol–water partition coefficient (Wildman–Crippen LogP) is 5.01. The third kappa shape index (κ3) is 2.51. The lowest BCUT2D eigenvalue weighted by atomic mass is 9.84. The number of hydrogen-bond acceptors (Lipinski definition) is 1. The summed E-state index contributed by atoms with van der Waals surface area (Å²) in [5.74, 6) is 0.354. The number of phenolic OH excluding ortho intramolecular Hbond substituents is 1. The van der Waals surface area contributed by atoms with Crippen molar-refractivity contribution < 1.29 is 5.11 Å². The van der Waals surface area contributed by atoms with Gasteiger partial charge in [0.25, 0.3) is 0 Å². The molecule has 0 atom stereocenters. The van der Waals surface area contributed by atoms with Crippen molar-refractivity contribution in [1.82, 2.24) is 0 Å². The van der Waals surface area contributed by atoms with Gasteiger partial charge in [-0.2, -0.15) is 0 Å². The third-order valence-corrected chi connectivity index (χ3v) is 3.25. The highest BCUT2D eigenvalue weighted by molar-refractivity contribution is 6.30. The summed E-state index contributed by atoms with van der Waals surface area (Å²) in [5, 5.41) is 11.1. The Morgan fingerprint density at radius 1 is 0.944 bits per heavy atom. The Labute approximate surface area is 113 Å². The average molecular weight is 261 g/mol. The maximum absolute atomic E-state index is 10.4. The van der Waals surface area contributed by atoms with Crippen LogP contribution < -0.4 is 0 Å². The molecule has 2 rings (SSSR count). The van der Waals surface area contributed by atoms with Crippen LogP contribution in [0.3, 0.4) is 0 Å². The molecule has 0 bridgehead atoms. The van der Waals surface area contributed by atoms with Crippen LogP contribution in [0.1, 0.15) is 26.3 Å². The van der Waals surface area contributed by atoms with Crippen LogP contribution in [-0.4, -0.2) is 5.11 Å². The fraction of sp³-hybridized carbons (Fsp3) is 0.250. The number of aromatic hydroxyl groups is 1. The van der Waals surface area contributed by atoms with Gasteiger partial charge in [-0.3, -0.25) is 0 Å². The van der Waals surface area contributed by atoms with Gasteiger partial charge in [-0.15, -0.1) is 0 Å². The summed E-state index contributed by atoms with van der Waals surface area (Å²) >= 11 is 5.88. The molecule has 0 spiro atoms. The molecule has 0 saturated carbocycles. The zero-order chi connectivity index (χ0) is 13.3. The van der Waals surface area contributed by atoms with Crippen LogP contribution in [0.2, 0.25) is 5.02 Å². The smallest absolute Gasteiger partial charge is 0.127 e. The van der Waals surface area contributed by atoms with Gasteiger partial charge in [0.15, 0.2) is 0 Å². The maximum Gasteiger partial charge on any atom is 0.127 e. The van der Waals surface area contributed by atoms with Gasteiger partial charge < -0.3 is 5.11 Å². The average Bonchev–Trinajstić information content (AvgIpc) is 2.29. The van der Waals surface area contributed by atoms with Gasteiger partial charge in [0.1, 0.15) is 5.75 Å². The first-order valence-corrected chi connectivity index (χ1v) is 6.36. The zero-order valence-corrected chi connectivity index (χ0v) is 11.6. The van der Waals surface area contributed by atoms with Crippen molar-refractivity contribution in [3.05, 3.63) is 53.1 Å². The van der Waals surface area contributed by atoms with Crippen molar-refractivity contribution in [2.45, 2.75) is 26.2 Å². The van der Waals surface area contributed by atoms with Crippen molar-refractivity contribution >= 4 is 11.6 Å². The number of halogens is 1. The molecule has 0 heterocycles. The Morgan fingerprint density at radius 2 is 1.56 bits per heavy atom. The van der Waals surface area contributed by atoms with E-state index in [0.29, 0.717) is 10.8 Å². The van der Waals surface area contributed by atoms with Crippen molar-refractivity contribution in [3.63, 3.8) is 0 Å². The molecule has 0 aliphatic carbocycles. The normalized spacial score (nSPS) is 11.6. The largest absolute Gasteiger partial charge is 0.507 e. The SMILES string of the molecule is CC(C)(C)c1cccc(-c2ccc(Cl)cc2)c1O. The second kappa shape index (κ2) is 4.66. The number of rotatable bonds is 1. The van der Waals surface area contributed by atoms with E-state index in [4.69, 9.17) is 11.6 Å². The van der Waals surface area contributed by atoms with Crippen LogP contribution in [0, 0.1) is 0 Å². The fourth-order valence-electron chi connectivity index (χ4n) is 2.01. The highest BCUT2D eigenvalue weighted by Gasteiger charge is 2.20. The first-order valence-electron chi connectivity index (χ1n) is 5.98. The summed E-state index contributed by atoms with van der Waals surface area (Å²) in [6.45, 7) is 6.27. The number of phenols is 1. The molecule has 0 fully saturated rings. The summed E-state index contributed by atoms with van der Waals surface area (Å²) in [6, 6.07) is 13.4. The predicted molar refractivity (Wildman–Crippen MR) is 77.3 cm³/mol. The van der Waals surface area contributed by atoms with E-state index in [-0.39, 0.29) is 5.41 Å². The lowest BCUT2D eigenvalue weighted by molar-refractivity contribution is 0.448. The van der Waals surface area contributed by atoms with E-state index in [0.717, 1.165) is 16.7 Å². The van der Waals surface area contributed by atoms with Gasteiger partial charge >= 0.3 is 0 Å². The summed E-state index contributed by atoms with van der Waals surface area (Å²) in [4.78, 5) is 0. The van der Waals surface area contributed by atoms with Gasteiger partial charge in [0.2, 0.25) is 0 Å². The molecule has 0 aliphatic rings. The Morgan fingerprint density at radius 3 is 2.11 bits per heavy atom. The molecule has 0 aliphatic heterocycles. The molecule has 18 heavy (non-hydrogen) atoms. The molecule has 0 saturated heterocycles. The zero-order valence-electron chi connectivity index (χ0n) is 10.9. The fourth-order valence-corrected chi connectivity index (χ4v) is 2.14. The van der Waals surface area contributed by atoms with Crippen LogP contribution in [0.4, 0.5) is 0 Å². The number of para-hydroxylation sites is 1. The van der Waals surface area contributed by atoms with Crippen LogP contribution in [0.25, 0.3) is 11.1 Å². The Bertz CT molecular complexity index is 550. The first kappa shape index (κ1) is 13.0. The van der Waals surface area contributed by atoms with E-state index < -0.39 is 0 Å². The van der Waals surface area contributed by atoms with Gasteiger partial charge in [-0.25, -0.2) is 0 Å². The van der Waals surface area contributed by atoms with E-state index in [2.05, 4.69) is 20.8 Å². The van der Waals surface area contributed by atoms with Gasteiger partial charge in [-0.1, -0.05) is 62.7 Å². The molecule has 0 amide bonds. The molecule has 2 heteroatoms. The molecule has 2 aromatic rings.